The van der Waals surface area contributed by atoms with Gasteiger partial charge in [-0.2, -0.15) is 0 Å². The van der Waals surface area contributed by atoms with E-state index in [1.54, 1.807) is 31.2 Å². The molecule has 0 bridgehead atoms. The zero-order chi connectivity index (χ0) is 29.3. The van der Waals surface area contributed by atoms with Crippen molar-refractivity contribution in [3.63, 3.8) is 0 Å². The quantitative estimate of drug-likeness (QED) is 0.324. The topological polar surface area (TPSA) is 96.0 Å². The molecule has 1 atom stereocenters. The monoisotopic (exact) mass is 569 g/mol. The van der Waals surface area contributed by atoms with Gasteiger partial charge in [-0.15, -0.1) is 0 Å². The van der Waals surface area contributed by atoms with Gasteiger partial charge in [-0.1, -0.05) is 44.2 Å². The van der Waals surface area contributed by atoms with Crippen molar-refractivity contribution in [2.75, 3.05) is 24.0 Å². The van der Waals surface area contributed by atoms with Crippen molar-refractivity contribution in [3.8, 4) is 5.75 Å². The Morgan fingerprint density at radius 1 is 0.925 bits per heavy atom. The molecule has 0 aliphatic heterocycles. The second-order valence-corrected chi connectivity index (χ2v) is 11.6. The van der Waals surface area contributed by atoms with E-state index >= 15 is 0 Å². The van der Waals surface area contributed by atoms with Crippen molar-refractivity contribution in [2.24, 2.45) is 5.92 Å². The molecule has 1 N–H and O–H groups in total. The number of carbonyl (C=O) groups excluding carboxylic acids is 2. The molecular formula is C30H36FN3O5S. The lowest BCUT2D eigenvalue weighted by molar-refractivity contribution is -0.139. The lowest BCUT2D eigenvalue weighted by Gasteiger charge is -2.32. The van der Waals surface area contributed by atoms with E-state index in [4.69, 9.17) is 4.74 Å². The fraction of sp³-hybridized carbons (Fsp3) is 0.333. The maximum atomic E-state index is 13.9. The minimum Gasteiger partial charge on any atom is -0.494 e. The summed E-state index contributed by atoms with van der Waals surface area (Å²) in [5, 5.41) is 2.85. The number of benzene rings is 3. The summed E-state index contributed by atoms with van der Waals surface area (Å²) in [5.41, 5.74) is 1.01. The van der Waals surface area contributed by atoms with Gasteiger partial charge in [0.1, 0.15) is 24.2 Å². The number of rotatable bonds is 13. The molecule has 3 aromatic carbocycles. The number of halogens is 1. The molecule has 0 unspecified atom stereocenters. The number of nitrogens with zero attached hydrogens (tertiary/aromatic N) is 2. The molecule has 3 rings (SSSR count). The van der Waals surface area contributed by atoms with Crippen molar-refractivity contribution in [2.45, 2.75) is 45.2 Å². The molecule has 0 aliphatic carbocycles. The minimum absolute atomic E-state index is 0.101. The van der Waals surface area contributed by atoms with Crippen LogP contribution < -0.4 is 14.4 Å². The van der Waals surface area contributed by atoms with E-state index in [2.05, 4.69) is 5.32 Å². The Kier molecular flexibility index (Phi) is 10.7. The standard InChI is InChI=1S/C30H36FN3O5S/c1-5-39-27-15-13-26(14-16-27)34(40(37,38)28-17-11-25(31)12-18-28)21-29(35)33(20-24-9-7-6-8-10-24)23(4)30(36)32-19-22(2)3/h6-18,22-23H,5,19-21H2,1-4H3,(H,32,36)/t23-/m0/s1. The van der Waals surface area contributed by atoms with Crippen molar-refractivity contribution in [1.82, 2.24) is 10.2 Å². The first-order valence-electron chi connectivity index (χ1n) is 13.1. The first-order chi connectivity index (χ1) is 19.0. The highest BCUT2D eigenvalue weighted by molar-refractivity contribution is 7.92. The second kappa shape index (κ2) is 13.9. The van der Waals surface area contributed by atoms with Crippen LogP contribution in [0.1, 0.15) is 33.3 Å². The summed E-state index contributed by atoms with van der Waals surface area (Å²) < 4.78 is 47.6. The van der Waals surface area contributed by atoms with Gasteiger partial charge in [0.05, 0.1) is 17.2 Å². The van der Waals surface area contributed by atoms with Gasteiger partial charge >= 0.3 is 0 Å². The molecule has 0 fully saturated rings. The van der Waals surface area contributed by atoms with Gasteiger partial charge in [0.15, 0.2) is 0 Å². The summed E-state index contributed by atoms with van der Waals surface area (Å²) in [7, 11) is -4.29. The van der Waals surface area contributed by atoms with Crippen molar-refractivity contribution < 1.29 is 27.1 Å². The third-order valence-electron chi connectivity index (χ3n) is 6.16. The van der Waals surface area contributed by atoms with Crippen LogP contribution in [0.4, 0.5) is 10.1 Å². The SMILES string of the molecule is CCOc1ccc(N(CC(=O)N(Cc2ccccc2)[C@@H](C)C(=O)NCC(C)C)S(=O)(=O)c2ccc(F)cc2)cc1. The number of nitrogens with one attached hydrogen (secondary N) is 1. The zero-order valence-electron chi connectivity index (χ0n) is 23.2. The predicted molar refractivity (Wildman–Crippen MR) is 153 cm³/mol. The van der Waals surface area contributed by atoms with Crippen LogP contribution in [0.3, 0.4) is 0 Å². The lowest BCUT2D eigenvalue weighted by atomic mass is 10.1. The molecule has 0 aromatic heterocycles. The number of ether oxygens (including phenoxy) is 1. The third-order valence-corrected chi connectivity index (χ3v) is 7.95. The maximum absolute atomic E-state index is 13.9. The van der Waals surface area contributed by atoms with Crippen molar-refractivity contribution in [1.29, 1.82) is 0 Å². The molecule has 0 saturated carbocycles. The molecule has 3 aromatic rings. The average molecular weight is 570 g/mol. The Bertz CT molecular complexity index is 1360. The van der Waals surface area contributed by atoms with Crippen molar-refractivity contribution in [3.05, 3.63) is 90.2 Å². The molecule has 214 valence electrons. The summed E-state index contributed by atoms with van der Waals surface area (Å²) in [5.74, 6) is -0.746. The summed E-state index contributed by atoms with van der Waals surface area (Å²) in [6.07, 6.45) is 0. The van der Waals surface area contributed by atoms with Crippen LogP contribution in [-0.2, 0) is 26.2 Å². The van der Waals surface area contributed by atoms with Crippen LogP contribution >= 0.6 is 0 Å². The Morgan fingerprint density at radius 2 is 1.55 bits per heavy atom. The first kappa shape index (κ1) is 30.6. The van der Waals surface area contributed by atoms with Gasteiger partial charge in [0.25, 0.3) is 10.0 Å². The number of anilines is 1. The van der Waals surface area contributed by atoms with Crippen LogP contribution in [0.25, 0.3) is 0 Å². The van der Waals surface area contributed by atoms with Crippen LogP contribution in [-0.4, -0.2) is 50.9 Å². The fourth-order valence-corrected chi connectivity index (χ4v) is 5.37. The minimum atomic E-state index is -4.29. The highest BCUT2D eigenvalue weighted by Crippen LogP contribution is 2.27. The molecule has 0 spiro atoms. The molecule has 0 radical (unpaired) electrons. The molecule has 0 saturated heterocycles. The Hall–Kier alpha value is -3.92. The van der Waals surface area contributed by atoms with Gasteiger partial charge in [-0.3, -0.25) is 13.9 Å². The molecule has 0 aliphatic rings. The van der Waals surface area contributed by atoms with Crippen molar-refractivity contribution >= 4 is 27.5 Å². The van der Waals surface area contributed by atoms with Gasteiger partial charge in [-0.25, -0.2) is 12.8 Å². The third kappa shape index (κ3) is 8.05. The van der Waals surface area contributed by atoms with E-state index in [9.17, 15) is 22.4 Å². The zero-order valence-corrected chi connectivity index (χ0v) is 24.0. The summed E-state index contributed by atoms with van der Waals surface area (Å²) in [4.78, 5) is 28.1. The summed E-state index contributed by atoms with van der Waals surface area (Å²) >= 11 is 0. The predicted octanol–water partition coefficient (Wildman–Crippen LogP) is 4.61. The van der Waals surface area contributed by atoms with E-state index in [0.717, 1.165) is 34.1 Å². The summed E-state index contributed by atoms with van der Waals surface area (Å²) in [6, 6.07) is 19.0. The van der Waals surface area contributed by atoms with Crippen LogP contribution in [0.2, 0.25) is 0 Å². The van der Waals surface area contributed by atoms with E-state index in [1.807, 2.05) is 51.1 Å². The van der Waals surface area contributed by atoms with Gasteiger partial charge in [0.2, 0.25) is 11.8 Å². The Labute approximate surface area is 235 Å². The number of hydrogen-bond donors (Lipinski definition) is 1. The normalized spacial score (nSPS) is 12.1. The Morgan fingerprint density at radius 3 is 2.12 bits per heavy atom. The molecule has 40 heavy (non-hydrogen) atoms. The van der Waals surface area contributed by atoms with E-state index in [1.165, 1.54) is 4.90 Å². The van der Waals surface area contributed by atoms with Gasteiger partial charge in [-0.05, 0) is 73.9 Å². The number of carbonyl (C=O) groups is 2. The second-order valence-electron chi connectivity index (χ2n) is 9.71. The number of amides is 2. The molecular weight excluding hydrogens is 533 g/mol. The largest absolute Gasteiger partial charge is 0.494 e. The molecule has 0 heterocycles. The van der Waals surface area contributed by atoms with Gasteiger partial charge < -0.3 is 15.0 Å². The van der Waals surface area contributed by atoms with Gasteiger partial charge in [0, 0.05) is 13.1 Å². The maximum Gasteiger partial charge on any atom is 0.264 e. The lowest BCUT2D eigenvalue weighted by Crippen LogP contribution is -2.51. The van der Waals surface area contributed by atoms with E-state index in [0.29, 0.717) is 18.9 Å². The molecule has 10 heteroatoms. The van der Waals surface area contributed by atoms with Crippen LogP contribution in [0.5, 0.6) is 5.75 Å². The first-order valence-corrected chi connectivity index (χ1v) is 14.6. The van der Waals surface area contributed by atoms with Crippen LogP contribution in [0.15, 0.2) is 83.8 Å². The molecule has 2 amide bonds. The number of hydrogen-bond acceptors (Lipinski definition) is 5. The highest BCUT2D eigenvalue weighted by atomic mass is 32.2. The smallest absolute Gasteiger partial charge is 0.264 e. The van der Waals surface area contributed by atoms with E-state index in [-0.39, 0.29) is 29.0 Å². The molecule has 8 nitrogen and oxygen atoms in total. The highest BCUT2D eigenvalue weighted by Gasteiger charge is 2.32. The van der Waals surface area contributed by atoms with Crippen LogP contribution in [0, 0.1) is 11.7 Å². The van der Waals surface area contributed by atoms with E-state index < -0.39 is 34.3 Å². The summed E-state index contributed by atoms with van der Waals surface area (Å²) in [6.45, 7) is 7.77. The Balaban J connectivity index is 2.00. The fourth-order valence-electron chi connectivity index (χ4n) is 3.95. The average Bonchev–Trinajstić information content (AvgIpc) is 2.94. The number of sulfonamides is 1.